The monoisotopic (exact) mass is 409 g/mol. The van der Waals surface area contributed by atoms with Crippen LogP contribution in [0.5, 0.6) is 0 Å². The number of nitrogens with zero attached hydrogens (tertiary/aromatic N) is 1. The van der Waals surface area contributed by atoms with Crippen molar-refractivity contribution in [3.05, 3.63) is 121 Å². The summed E-state index contributed by atoms with van der Waals surface area (Å²) in [5.41, 5.74) is 4.86. The third kappa shape index (κ3) is 4.96. The number of benzene rings is 4. The Balaban J connectivity index is 0.000000461. The van der Waals surface area contributed by atoms with Crippen LogP contribution in [0.1, 0.15) is 0 Å². The van der Waals surface area contributed by atoms with E-state index in [2.05, 4.69) is 121 Å². The summed E-state index contributed by atoms with van der Waals surface area (Å²) in [6.45, 7) is 0. The highest BCUT2D eigenvalue weighted by Crippen LogP contribution is 2.50. The van der Waals surface area contributed by atoms with Crippen LogP contribution in [0.25, 0.3) is 0 Å². The number of halogens is 4. The molecular formula is C24H20BF4N. The molecule has 0 amide bonds. The summed E-state index contributed by atoms with van der Waals surface area (Å²) >= 11 is 0. The SMILES string of the molecule is F[B-](F)(F)F.c1ccc([N+](c2ccccc2)(c2ccccc2)c2ccccc2)cc1. The molecule has 0 fully saturated rings. The Bertz CT molecular complexity index is 855. The summed E-state index contributed by atoms with van der Waals surface area (Å²) in [6, 6.07) is 42.8. The Kier molecular flexibility index (Phi) is 6.70. The number of rotatable bonds is 4. The van der Waals surface area contributed by atoms with Gasteiger partial charge in [0.25, 0.3) is 0 Å². The van der Waals surface area contributed by atoms with Crippen molar-refractivity contribution in [1.29, 1.82) is 0 Å². The van der Waals surface area contributed by atoms with Crippen molar-refractivity contribution in [2.45, 2.75) is 0 Å². The summed E-state index contributed by atoms with van der Waals surface area (Å²) in [4.78, 5) is 0. The van der Waals surface area contributed by atoms with Crippen molar-refractivity contribution in [3.63, 3.8) is 0 Å². The summed E-state index contributed by atoms with van der Waals surface area (Å²) in [5, 5.41) is 0. The van der Waals surface area contributed by atoms with E-state index in [1.165, 1.54) is 22.7 Å². The van der Waals surface area contributed by atoms with Crippen LogP contribution in [0.15, 0.2) is 121 Å². The lowest BCUT2D eigenvalue weighted by molar-refractivity contribution is 0.368. The van der Waals surface area contributed by atoms with Gasteiger partial charge in [0, 0.05) is 48.5 Å². The van der Waals surface area contributed by atoms with Crippen LogP contribution in [-0.4, -0.2) is 7.25 Å². The first-order valence-corrected chi connectivity index (χ1v) is 9.41. The van der Waals surface area contributed by atoms with Gasteiger partial charge in [0.2, 0.25) is 0 Å². The second-order valence-corrected chi connectivity index (χ2v) is 6.51. The first kappa shape index (κ1) is 21.3. The van der Waals surface area contributed by atoms with Gasteiger partial charge in [-0.1, -0.05) is 72.8 Å². The molecule has 0 heterocycles. The van der Waals surface area contributed by atoms with E-state index >= 15 is 0 Å². The zero-order valence-electron chi connectivity index (χ0n) is 16.1. The van der Waals surface area contributed by atoms with E-state index < -0.39 is 7.25 Å². The van der Waals surface area contributed by atoms with Crippen LogP contribution in [0.3, 0.4) is 0 Å². The van der Waals surface area contributed by atoms with E-state index in [1.54, 1.807) is 0 Å². The van der Waals surface area contributed by atoms with Crippen LogP contribution >= 0.6 is 0 Å². The standard InChI is InChI=1S/C24H20N.BF4/c1-5-13-21(14-6-1)25(22-15-7-2-8-16-22,23-17-9-3-10-18-23)24-19-11-4-12-20-24;2-1(3,4)5/h1-20H;/q+1;-1. The number of quaternary nitrogens is 1. The van der Waals surface area contributed by atoms with Crippen molar-refractivity contribution in [3.8, 4) is 0 Å². The van der Waals surface area contributed by atoms with Crippen molar-refractivity contribution in [2.24, 2.45) is 0 Å². The minimum atomic E-state index is -6.00. The van der Waals surface area contributed by atoms with Gasteiger partial charge in [-0.3, -0.25) is 0 Å². The second kappa shape index (κ2) is 9.42. The molecule has 0 atom stereocenters. The zero-order chi connectivity index (χ0) is 21.5. The average molecular weight is 409 g/mol. The highest BCUT2D eigenvalue weighted by atomic mass is 19.5. The molecule has 4 aromatic carbocycles. The normalized spacial score (nSPS) is 11.3. The van der Waals surface area contributed by atoms with Gasteiger partial charge in [-0.15, -0.1) is 0 Å². The molecule has 0 aliphatic heterocycles. The minimum absolute atomic E-state index is 0.559. The molecule has 0 saturated heterocycles. The van der Waals surface area contributed by atoms with Gasteiger partial charge < -0.3 is 17.3 Å². The lowest BCUT2D eigenvalue weighted by Crippen LogP contribution is -2.33. The van der Waals surface area contributed by atoms with E-state index in [1.807, 2.05) is 0 Å². The fourth-order valence-electron chi connectivity index (χ4n) is 3.50. The van der Waals surface area contributed by atoms with Crippen molar-refractivity contribution < 1.29 is 17.3 Å². The highest BCUT2D eigenvalue weighted by Gasteiger charge is 2.38. The molecule has 0 bridgehead atoms. The first-order chi connectivity index (χ1) is 14.4. The smallest absolute Gasteiger partial charge is 0.418 e. The lowest BCUT2D eigenvalue weighted by atomic mass is 10.1. The number of hydrogen-bond donors (Lipinski definition) is 0. The zero-order valence-corrected chi connectivity index (χ0v) is 16.1. The fraction of sp³-hybridized carbons (Fsp3) is 0. The maximum absolute atomic E-state index is 9.75. The fourth-order valence-corrected chi connectivity index (χ4v) is 3.50. The molecule has 0 unspecified atom stereocenters. The van der Waals surface area contributed by atoms with Crippen LogP contribution in [0, 0.1) is 0 Å². The molecule has 0 aliphatic carbocycles. The van der Waals surface area contributed by atoms with Crippen LogP contribution in [0.2, 0.25) is 0 Å². The van der Waals surface area contributed by atoms with Gasteiger partial charge in [0.05, 0.1) is 0 Å². The first-order valence-electron chi connectivity index (χ1n) is 9.41. The minimum Gasteiger partial charge on any atom is -0.418 e. The molecule has 152 valence electrons. The highest BCUT2D eigenvalue weighted by molar-refractivity contribution is 6.50. The number of hydrogen-bond acceptors (Lipinski definition) is 0. The molecule has 0 radical (unpaired) electrons. The maximum atomic E-state index is 9.75. The van der Waals surface area contributed by atoms with Crippen molar-refractivity contribution in [1.82, 2.24) is 4.48 Å². The summed E-state index contributed by atoms with van der Waals surface area (Å²) in [6.07, 6.45) is 0. The van der Waals surface area contributed by atoms with Gasteiger partial charge in [-0.25, -0.2) is 0 Å². The van der Waals surface area contributed by atoms with Crippen LogP contribution in [-0.2, 0) is 0 Å². The summed E-state index contributed by atoms with van der Waals surface area (Å²) < 4.78 is 39.6. The molecule has 0 spiro atoms. The van der Waals surface area contributed by atoms with E-state index in [0.29, 0.717) is 4.48 Å². The molecule has 0 aliphatic rings. The third-order valence-electron chi connectivity index (χ3n) is 4.57. The van der Waals surface area contributed by atoms with E-state index in [4.69, 9.17) is 0 Å². The lowest BCUT2D eigenvalue weighted by Gasteiger charge is -2.37. The molecule has 1 nitrogen and oxygen atoms in total. The average Bonchev–Trinajstić information content (AvgIpc) is 2.76. The molecule has 4 rings (SSSR count). The van der Waals surface area contributed by atoms with E-state index in [0.717, 1.165) is 0 Å². The van der Waals surface area contributed by atoms with Gasteiger partial charge >= 0.3 is 7.25 Å². The second-order valence-electron chi connectivity index (χ2n) is 6.51. The molecule has 6 heteroatoms. The Morgan fingerprint density at radius 1 is 0.367 bits per heavy atom. The maximum Gasteiger partial charge on any atom is 0.673 e. The Hall–Kier alpha value is -3.38. The molecule has 0 aromatic heterocycles. The van der Waals surface area contributed by atoms with E-state index in [9.17, 15) is 17.3 Å². The van der Waals surface area contributed by atoms with Gasteiger partial charge in [0.1, 0.15) is 22.7 Å². The number of para-hydroxylation sites is 4. The molecule has 0 N–H and O–H groups in total. The topological polar surface area (TPSA) is 0 Å². The Morgan fingerprint density at radius 3 is 0.700 bits per heavy atom. The molecular weight excluding hydrogens is 389 g/mol. The molecule has 30 heavy (non-hydrogen) atoms. The Morgan fingerprint density at radius 2 is 0.533 bits per heavy atom. The molecule has 0 saturated carbocycles. The van der Waals surface area contributed by atoms with Gasteiger partial charge in [-0.2, -0.15) is 4.48 Å². The Labute approximate surface area is 173 Å². The van der Waals surface area contributed by atoms with Gasteiger partial charge in [0.15, 0.2) is 0 Å². The van der Waals surface area contributed by atoms with E-state index in [-0.39, 0.29) is 0 Å². The quantitative estimate of drug-likeness (QED) is 0.181. The summed E-state index contributed by atoms with van der Waals surface area (Å²) in [5.74, 6) is 0. The summed E-state index contributed by atoms with van der Waals surface area (Å²) in [7, 11) is -6.00. The van der Waals surface area contributed by atoms with Crippen molar-refractivity contribution in [2.75, 3.05) is 0 Å². The van der Waals surface area contributed by atoms with Crippen LogP contribution < -0.4 is 4.48 Å². The molecule has 4 aromatic rings. The largest absolute Gasteiger partial charge is 0.673 e. The van der Waals surface area contributed by atoms with Crippen LogP contribution in [0.4, 0.5) is 40.0 Å². The predicted molar refractivity (Wildman–Crippen MR) is 117 cm³/mol. The van der Waals surface area contributed by atoms with Crippen molar-refractivity contribution >= 4 is 30.0 Å². The van der Waals surface area contributed by atoms with Gasteiger partial charge in [-0.05, 0) is 0 Å². The third-order valence-corrected chi connectivity index (χ3v) is 4.57. The predicted octanol–water partition coefficient (Wildman–Crippen LogP) is 8.29.